The number of carbonyl (C=O) groups is 1. The van der Waals surface area contributed by atoms with Crippen molar-refractivity contribution in [3.8, 4) is 0 Å². The minimum atomic E-state index is -0.0653. The minimum Gasteiger partial charge on any atom is -0.372 e. The number of fused-ring (bicyclic) bond motifs is 1. The topological polar surface area (TPSA) is 56.6 Å². The van der Waals surface area contributed by atoms with Crippen molar-refractivity contribution in [2.75, 3.05) is 19.8 Å². The minimum absolute atomic E-state index is 0.00137. The van der Waals surface area contributed by atoms with Crippen LogP contribution in [0.5, 0.6) is 0 Å². The van der Waals surface area contributed by atoms with Gasteiger partial charge in [-0.3, -0.25) is 9.78 Å². The predicted molar refractivity (Wildman–Crippen MR) is 89.2 cm³/mol. The van der Waals surface area contributed by atoms with Crippen LogP contribution in [0.25, 0.3) is 0 Å². The van der Waals surface area contributed by atoms with E-state index in [1.807, 2.05) is 42.3 Å². The molecule has 0 bridgehead atoms. The van der Waals surface area contributed by atoms with Gasteiger partial charge in [0, 0.05) is 37.4 Å². The summed E-state index contributed by atoms with van der Waals surface area (Å²) in [4.78, 5) is 18.3. The van der Waals surface area contributed by atoms with E-state index in [4.69, 9.17) is 9.47 Å². The van der Waals surface area contributed by atoms with Crippen molar-refractivity contribution in [1.82, 2.24) is 14.5 Å². The molecule has 6 heteroatoms. The number of rotatable bonds is 6. The summed E-state index contributed by atoms with van der Waals surface area (Å²) in [5.74, 6) is 0.00137. The van der Waals surface area contributed by atoms with Crippen molar-refractivity contribution in [3.05, 3.63) is 54.1 Å². The monoisotopic (exact) mass is 329 g/mol. The molecule has 2 aromatic heterocycles. The Labute approximate surface area is 142 Å². The summed E-state index contributed by atoms with van der Waals surface area (Å²) in [6, 6.07) is 7.94. The standard InChI is InChI=1S/C18H23N3O3/c1-2-23-14-18(22)21-10-16-6-4-8-20(16)11-17(12-21)24-13-15-5-3-7-19-9-15/h3-9,17H,2,10-14H2,1H3/t17-/m0/s1. The molecule has 0 saturated heterocycles. The second kappa shape index (κ2) is 8.08. The van der Waals surface area contributed by atoms with Crippen LogP contribution >= 0.6 is 0 Å². The van der Waals surface area contributed by atoms with E-state index in [2.05, 4.69) is 9.55 Å². The van der Waals surface area contributed by atoms with Crippen LogP contribution in [0.15, 0.2) is 42.9 Å². The first-order chi connectivity index (χ1) is 11.8. The van der Waals surface area contributed by atoms with Crippen LogP contribution in [0.1, 0.15) is 18.2 Å². The van der Waals surface area contributed by atoms with Gasteiger partial charge in [-0.15, -0.1) is 0 Å². The first-order valence-corrected chi connectivity index (χ1v) is 8.26. The molecule has 1 amide bonds. The molecule has 3 heterocycles. The van der Waals surface area contributed by atoms with E-state index in [0.717, 1.165) is 17.8 Å². The average Bonchev–Trinajstić information content (AvgIpc) is 2.96. The van der Waals surface area contributed by atoms with Crippen LogP contribution in [0.3, 0.4) is 0 Å². The highest BCUT2D eigenvalue weighted by molar-refractivity contribution is 5.77. The average molecular weight is 329 g/mol. The van der Waals surface area contributed by atoms with Crippen molar-refractivity contribution in [1.29, 1.82) is 0 Å². The van der Waals surface area contributed by atoms with E-state index >= 15 is 0 Å². The predicted octanol–water partition coefficient (Wildman–Crippen LogP) is 1.85. The number of amides is 1. The first-order valence-electron chi connectivity index (χ1n) is 8.26. The van der Waals surface area contributed by atoms with E-state index in [-0.39, 0.29) is 18.6 Å². The highest BCUT2D eigenvalue weighted by Gasteiger charge is 2.25. The van der Waals surface area contributed by atoms with Crippen molar-refractivity contribution >= 4 is 5.91 Å². The van der Waals surface area contributed by atoms with Crippen molar-refractivity contribution in [2.24, 2.45) is 0 Å². The van der Waals surface area contributed by atoms with Crippen LogP contribution in [0.4, 0.5) is 0 Å². The second-order valence-electron chi connectivity index (χ2n) is 5.86. The molecule has 6 nitrogen and oxygen atoms in total. The Morgan fingerprint density at radius 3 is 3.04 bits per heavy atom. The number of pyridine rings is 1. The quantitative estimate of drug-likeness (QED) is 0.811. The van der Waals surface area contributed by atoms with Gasteiger partial charge in [0.05, 0.1) is 25.8 Å². The summed E-state index contributed by atoms with van der Waals surface area (Å²) < 4.78 is 13.5. The van der Waals surface area contributed by atoms with Crippen molar-refractivity contribution in [3.63, 3.8) is 0 Å². The van der Waals surface area contributed by atoms with E-state index < -0.39 is 0 Å². The second-order valence-corrected chi connectivity index (χ2v) is 5.86. The van der Waals surface area contributed by atoms with Crippen LogP contribution in [0.2, 0.25) is 0 Å². The number of nitrogens with zero attached hydrogens (tertiary/aromatic N) is 3. The molecule has 3 rings (SSSR count). The molecule has 0 unspecified atom stereocenters. The third kappa shape index (κ3) is 4.21. The molecule has 24 heavy (non-hydrogen) atoms. The third-order valence-electron chi connectivity index (χ3n) is 4.09. The molecule has 0 N–H and O–H groups in total. The van der Waals surface area contributed by atoms with Gasteiger partial charge in [-0.1, -0.05) is 6.07 Å². The van der Waals surface area contributed by atoms with Crippen LogP contribution < -0.4 is 0 Å². The summed E-state index contributed by atoms with van der Waals surface area (Å²) >= 11 is 0. The summed E-state index contributed by atoms with van der Waals surface area (Å²) in [5, 5.41) is 0. The molecular weight excluding hydrogens is 306 g/mol. The molecule has 1 atom stereocenters. The first kappa shape index (κ1) is 16.7. The Kier molecular flexibility index (Phi) is 5.61. The Bertz CT molecular complexity index is 657. The van der Waals surface area contributed by atoms with Gasteiger partial charge in [0.1, 0.15) is 6.61 Å². The molecule has 0 spiro atoms. The van der Waals surface area contributed by atoms with Gasteiger partial charge in [-0.05, 0) is 30.7 Å². The van der Waals surface area contributed by atoms with Gasteiger partial charge in [0.25, 0.3) is 0 Å². The highest BCUT2D eigenvalue weighted by atomic mass is 16.5. The Balaban J connectivity index is 1.68. The lowest BCUT2D eigenvalue weighted by Crippen LogP contribution is -2.39. The summed E-state index contributed by atoms with van der Waals surface area (Å²) in [6.07, 6.45) is 5.52. The lowest BCUT2D eigenvalue weighted by molar-refractivity contribution is -0.138. The van der Waals surface area contributed by atoms with Gasteiger partial charge < -0.3 is 18.9 Å². The Morgan fingerprint density at radius 1 is 1.33 bits per heavy atom. The van der Waals surface area contributed by atoms with Crippen LogP contribution in [-0.2, 0) is 34.0 Å². The van der Waals surface area contributed by atoms with Crippen molar-refractivity contribution < 1.29 is 14.3 Å². The molecule has 0 radical (unpaired) electrons. The molecule has 128 valence electrons. The lowest BCUT2D eigenvalue weighted by atomic mass is 10.3. The fourth-order valence-corrected chi connectivity index (χ4v) is 2.83. The zero-order valence-electron chi connectivity index (χ0n) is 13.9. The smallest absolute Gasteiger partial charge is 0.249 e. The zero-order chi connectivity index (χ0) is 16.8. The molecule has 1 aliphatic heterocycles. The molecular formula is C18H23N3O3. The summed E-state index contributed by atoms with van der Waals surface area (Å²) in [7, 11) is 0. The van der Waals surface area contributed by atoms with E-state index in [9.17, 15) is 4.79 Å². The summed E-state index contributed by atoms with van der Waals surface area (Å²) in [5.41, 5.74) is 2.15. The molecule has 2 aromatic rings. The lowest BCUT2D eigenvalue weighted by Gasteiger charge is -2.24. The number of hydrogen-bond donors (Lipinski definition) is 0. The number of hydrogen-bond acceptors (Lipinski definition) is 4. The molecule has 0 aromatic carbocycles. The van der Waals surface area contributed by atoms with Crippen LogP contribution in [-0.4, -0.2) is 46.2 Å². The third-order valence-corrected chi connectivity index (χ3v) is 4.09. The van der Waals surface area contributed by atoms with Crippen molar-refractivity contribution in [2.45, 2.75) is 32.7 Å². The molecule has 0 aliphatic carbocycles. The molecule has 0 saturated carbocycles. The fraction of sp³-hybridized carbons (Fsp3) is 0.444. The number of carbonyl (C=O) groups excluding carboxylic acids is 1. The fourth-order valence-electron chi connectivity index (χ4n) is 2.83. The zero-order valence-corrected chi connectivity index (χ0v) is 13.9. The highest BCUT2D eigenvalue weighted by Crippen LogP contribution is 2.16. The van der Waals surface area contributed by atoms with Crippen LogP contribution in [0, 0.1) is 0 Å². The number of aromatic nitrogens is 2. The maximum atomic E-state index is 12.4. The van der Waals surface area contributed by atoms with E-state index in [0.29, 0.717) is 26.3 Å². The van der Waals surface area contributed by atoms with Gasteiger partial charge in [0.2, 0.25) is 5.91 Å². The maximum Gasteiger partial charge on any atom is 0.249 e. The largest absolute Gasteiger partial charge is 0.372 e. The normalized spacial score (nSPS) is 17.4. The SMILES string of the molecule is CCOCC(=O)N1Cc2cccn2C[C@H](OCc2cccnc2)C1. The van der Waals surface area contributed by atoms with Gasteiger partial charge in [-0.2, -0.15) is 0 Å². The van der Waals surface area contributed by atoms with Gasteiger partial charge >= 0.3 is 0 Å². The molecule has 0 fully saturated rings. The Hall–Kier alpha value is -2.18. The maximum absolute atomic E-state index is 12.4. The Morgan fingerprint density at radius 2 is 2.25 bits per heavy atom. The molecule has 1 aliphatic rings. The number of ether oxygens (including phenoxy) is 2. The van der Waals surface area contributed by atoms with Gasteiger partial charge in [-0.25, -0.2) is 0 Å². The summed E-state index contributed by atoms with van der Waals surface area (Å²) in [6.45, 7) is 4.92. The van der Waals surface area contributed by atoms with E-state index in [1.54, 1.807) is 12.4 Å². The van der Waals surface area contributed by atoms with Gasteiger partial charge in [0.15, 0.2) is 0 Å². The van der Waals surface area contributed by atoms with E-state index in [1.165, 1.54) is 0 Å².